The van der Waals surface area contributed by atoms with Gasteiger partial charge in [0.15, 0.2) is 5.82 Å². The molecule has 2 atom stereocenters. The number of hydrogen-bond donors (Lipinski definition) is 1. The van der Waals surface area contributed by atoms with Crippen LogP contribution in [0, 0.1) is 0 Å². The van der Waals surface area contributed by atoms with E-state index in [4.69, 9.17) is 4.99 Å². The summed E-state index contributed by atoms with van der Waals surface area (Å²) in [5.41, 5.74) is 0.724. The molecule has 88 valence electrons. The molecule has 1 N–H and O–H groups in total. The van der Waals surface area contributed by atoms with Crippen LogP contribution in [0.3, 0.4) is 0 Å². The maximum Gasteiger partial charge on any atom is 0.207 e. The van der Waals surface area contributed by atoms with Crippen LogP contribution >= 0.6 is 0 Å². The van der Waals surface area contributed by atoms with Gasteiger partial charge >= 0.3 is 0 Å². The second-order valence-corrected chi connectivity index (χ2v) is 5.03. The minimum Gasteiger partial charge on any atom is -0.336 e. The molecule has 5 nitrogen and oxygen atoms in total. The van der Waals surface area contributed by atoms with E-state index in [9.17, 15) is 0 Å². The predicted molar refractivity (Wildman–Crippen MR) is 66.9 cm³/mol. The summed E-state index contributed by atoms with van der Waals surface area (Å²) < 4.78 is 0. The van der Waals surface area contributed by atoms with Crippen LogP contribution in [-0.4, -0.2) is 40.0 Å². The summed E-state index contributed by atoms with van der Waals surface area (Å²) in [7, 11) is 2.04. The Hall–Kier alpha value is -1.78. The van der Waals surface area contributed by atoms with Crippen molar-refractivity contribution in [3.05, 3.63) is 10.8 Å². The highest BCUT2D eigenvalue weighted by molar-refractivity contribution is 6.01. The minimum atomic E-state index is 0.455. The van der Waals surface area contributed by atoms with Gasteiger partial charge in [-0.25, -0.2) is 9.98 Å². The summed E-state index contributed by atoms with van der Waals surface area (Å²) in [6.45, 7) is 3.88. The number of imidazole rings is 1. The Balaban J connectivity index is 1.95. The molecule has 1 aliphatic carbocycles. The fourth-order valence-corrected chi connectivity index (χ4v) is 3.20. The molecule has 1 aromatic rings. The Bertz CT molecular complexity index is 613. The summed E-state index contributed by atoms with van der Waals surface area (Å²) in [6, 6.07) is 0.958. The van der Waals surface area contributed by atoms with Gasteiger partial charge in [-0.05, 0) is 19.3 Å². The van der Waals surface area contributed by atoms with Crippen molar-refractivity contribution in [1.82, 2.24) is 14.9 Å². The van der Waals surface area contributed by atoms with Crippen LogP contribution in [0.1, 0.15) is 19.3 Å². The second kappa shape index (κ2) is 2.91. The molecule has 0 radical (unpaired) electrons. The van der Waals surface area contributed by atoms with Gasteiger partial charge in [0.25, 0.3) is 0 Å². The van der Waals surface area contributed by atoms with Crippen LogP contribution in [0.4, 0.5) is 5.82 Å². The Morgan fingerprint density at radius 1 is 1.47 bits per heavy atom. The molecule has 4 rings (SSSR count). The highest BCUT2D eigenvalue weighted by Gasteiger charge is 2.43. The molecular formula is C12H15N5. The van der Waals surface area contributed by atoms with Crippen LogP contribution in [0.5, 0.6) is 0 Å². The van der Waals surface area contributed by atoms with Crippen molar-refractivity contribution in [1.29, 1.82) is 0 Å². The maximum atomic E-state index is 4.82. The van der Waals surface area contributed by atoms with Crippen molar-refractivity contribution in [2.45, 2.75) is 31.3 Å². The Kier molecular flexibility index (Phi) is 1.59. The third-order valence-corrected chi connectivity index (χ3v) is 3.90. The molecule has 0 unspecified atom stereocenters. The van der Waals surface area contributed by atoms with Crippen molar-refractivity contribution in [2.24, 2.45) is 4.99 Å². The molecule has 1 saturated carbocycles. The number of aromatic nitrogens is 2. The lowest BCUT2D eigenvalue weighted by Gasteiger charge is -2.31. The molecule has 0 amide bonds. The first kappa shape index (κ1) is 9.27. The van der Waals surface area contributed by atoms with Crippen molar-refractivity contribution in [3.8, 4) is 0 Å². The topological polar surface area (TPSA) is 47.5 Å². The van der Waals surface area contributed by atoms with E-state index >= 15 is 0 Å². The molecule has 0 bridgehead atoms. The standard InChI is InChI=1S/C12H15N5/c1-7-13-9-6-16(2)12-15-8-4-3-5-10(8)17(12)11(9)14-7/h6,8,10,13H,1,3-5H2,2H3/t8-,10+/m1/s1. The van der Waals surface area contributed by atoms with E-state index < -0.39 is 0 Å². The number of anilines is 1. The zero-order chi connectivity index (χ0) is 11.6. The summed E-state index contributed by atoms with van der Waals surface area (Å²) >= 11 is 0. The number of fused-ring (bicyclic) bond motifs is 5. The van der Waals surface area contributed by atoms with Gasteiger partial charge in [-0.2, -0.15) is 0 Å². The maximum absolute atomic E-state index is 4.82. The molecule has 0 aromatic carbocycles. The number of aromatic amines is 1. The van der Waals surface area contributed by atoms with E-state index in [1.165, 1.54) is 19.3 Å². The number of guanidine groups is 1. The quantitative estimate of drug-likeness (QED) is 0.658. The van der Waals surface area contributed by atoms with Crippen LogP contribution in [0.15, 0.2) is 4.99 Å². The van der Waals surface area contributed by atoms with E-state index in [-0.39, 0.29) is 0 Å². The van der Waals surface area contributed by atoms with Gasteiger partial charge in [0, 0.05) is 13.2 Å². The van der Waals surface area contributed by atoms with E-state index in [0.29, 0.717) is 12.1 Å². The molecule has 5 heteroatoms. The highest BCUT2D eigenvalue weighted by Crippen LogP contribution is 2.35. The molecule has 1 fully saturated rings. The lowest BCUT2D eigenvalue weighted by molar-refractivity contribution is 0.626. The van der Waals surface area contributed by atoms with Gasteiger partial charge in [-0.1, -0.05) is 6.58 Å². The fourth-order valence-electron chi connectivity index (χ4n) is 3.20. The van der Waals surface area contributed by atoms with Crippen LogP contribution in [-0.2, 0) is 0 Å². The number of hydrogen-bond acceptors (Lipinski definition) is 4. The van der Waals surface area contributed by atoms with E-state index in [1.807, 2.05) is 13.2 Å². The zero-order valence-corrected chi connectivity index (χ0v) is 9.85. The normalized spacial score (nSPS) is 29.6. The minimum absolute atomic E-state index is 0.455. The smallest absolute Gasteiger partial charge is 0.207 e. The van der Waals surface area contributed by atoms with Crippen molar-refractivity contribution < 1.29 is 0 Å². The third-order valence-electron chi connectivity index (χ3n) is 3.90. The summed E-state index contributed by atoms with van der Waals surface area (Å²) in [5, 5.41) is 1.05. The fraction of sp³-hybridized carbons (Fsp3) is 0.500. The average Bonchev–Trinajstić information content (AvgIpc) is 2.89. The Morgan fingerprint density at radius 2 is 2.35 bits per heavy atom. The largest absolute Gasteiger partial charge is 0.336 e. The Labute approximate surface area is 99.2 Å². The monoisotopic (exact) mass is 229 g/mol. The summed E-state index contributed by atoms with van der Waals surface area (Å²) in [4.78, 5) is 16.9. The number of rotatable bonds is 0. The van der Waals surface area contributed by atoms with Crippen LogP contribution in [0.2, 0.25) is 0 Å². The molecule has 17 heavy (non-hydrogen) atoms. The SMILES string of the molecule is C=c1nc2c([nH]1)=CN(C)C1=N[C@@H]3CCC[C@@H]3N12. The molecule has 2 aliphatic heterocycles. The lowest BCUT2D eigenvalue weighted by Crippen LogP contribution is -2.48. The Morgan fingerprint density at radius 3 is 3.24 bits per heavy atom. The first-order valence-electron chi connectivity index (χ1n) is 6.11. The number of aliphatic imine (C=N–C) groups is 1. The molecule has 3 aliphatic rings. The second-order valence-electron chi connectivity index (χ2n) is 5.03. The van der Waals surface area contributed by atoms with Gasteiger partial charge in [0.05, 0.1) is 17.4 Å². The van der Waals surface area contributed by atoms with Gasteiger partial charge in [-0.15, -0.1) is 0 Å². The highest BCUT2D eigenvalue weighted by atomic mass is 15.5. The third kappa shape index (κ3) is 1.09. The molecule has 1 aromatic heterocycles. The van der Waals surface area contributed by atoms with E-state index in [1.54, 1.807) is 0 Å². The van der Waals surface area contributed by atoms with Crippen molar-refractivity contribution in [3.63, 3.8) is 0 Å². The average molecular weight is 229 g/mol. The number of H-pyrrole nitrogens is 1. The van der Waals surface area contributed by atoms with E-state index in [0.717, 1.165) is 22.6 Å². The molecule has 0 saturated heterocycles. The van der Waals surface area contributed by atoms with Gasteiger partial charge in [-0.3, -0.25) is 4.90 Å². The van der Waals surface area contributed by atoms with Gasteiger partial charge < -0.3 is 9.88 Å². The van der Waals surface area contributed by atoms with E-state index in [2.05, 4.69) is 26.3 Å². The molecule has 3 heterocycles. The predicted octanol–water partition coefficient (Wildman–Crippen LogP) is -0.400. The van der Waals surface area contributed by atoms with Crippen molar-refractivity contribution >= 4 is 24.6 Å². The van der Waals surface area contributed by atoms with Crippen LogP contribution < -0.4 is 15.7 Å². The van der Waals surface area contributed by atoms with Gasteiger partial charge in [0.2, 0.25) is 5.96 Å². The summed E-state index contributed by atoms with van der Waals surface area (Å²) in [5.74, 6) is 2.04. The van der Waals surface area contributed by atoms with Gasteiger partial charge in [0.1, 0.15) is 5.48 Å². The zero-order valence-electron chi connectivity index (χ0n) is 9.85. The molecular weight excluding hydrogens is 214 g/mol. The number of nitrogens with one attached hydrogen (secondary N) is 1. The number of nitrogens with zero attached hydrogens (tertiary/aromatic N) is 4. The lowest BCUT2D eigenvalue weighted by atomic mass is 10.2. The van der Waals surface area contributed by atoms with Crippen molar-refractivity contribution in [2.75, 3.05) is 11.9 Å². The van der Waals surface area contributed by atoms with Crippen LogP contribution in [0.25, 0.3) is 12.8 Å². The first-order valence-corrected chi connectivity index (χ1v) is 6.11. The molecule has 0 spiro atoms. The summed E-state index contributed by atoms with van der Waals surface area (Å²) in [6.07, 6.45) is 5.74. The first-order chi connectivity index (χ1) is 8.24.